The number of allylic oxidation sites excluding steroid dienone is 1. The third-order valence-electron chi connectivity index (χ3n) is 3.05. The molecule has 1 fully saturated rings. The molecule has 0 spiro atoms. The molecule has 0 saturated carbocycles. The number of hydrogen-bond acceptors (Lipinski definition) is 7. The number of aliphatic hydroxyl groups is 2. The minimum absolute atomic E-state index is 0.386. The topological polar surface area (TPSA) is 154 Å². The first-order valence-corrected chi connectivity index (χ1v) is 7.46. The van der Waals surface area contributed by atoms with Crippen LogP contribution in [0.2, 0.25) is 0 Å². The van der Waals surface area contributed by atoms with Crippen LogP contribution in [0.15, 0.2) is 12.3 Å². The fourth-order valence-corrected chi connectivity index (χ4v) is 2.38. The predicted octanol–water partition coefficient (Wildman–Crippen LogP) is -2.14. The second-order valence-electron chi connectivity index (χ2n) is 4.59. The summed E-state index contributed by atoms with van der Waals surface area (Å²) in [5.74, 6) is -1.01. The van der Waals surface area contributed by atoms with E-state index in [4.69, 9.17) is 14.5 Å². The van der Waals surface area contributed by atoms with Gasteiger partial charge in [0.25, 0.3) is 0 Å². The third kappa shape index (κ3) is 3.74. The van der Waals surface area contributed by atoms with Gasteiger partial charge in [-0.2, -0.15) is 0 Å². The SMILES string of the molecule is O=C1C=CN([C@H]2O[C@@H](COP(=O)(O)O)[C@H](O)[C@@H]2O)C(=O)C1. The smallest absolute Gasteiger partial charge is 0.387 e. The van der Waals surface area contributed by atoms with Crippen LogP contribution in [0.3, 0.4) is 0 Å². The van der Waals surface area contributed by atoms with Crippen molar-refractivity contribution >= 4 is 19.5 Å². The van der Waals surface area contributed by atoms with Crippen molar-refractivity contribution in [3.63, 3.8) is 0 Å². The first-order chi connectivity index (χ1) is 9.69. The Balaban J connectivity index is 2.06. The number of carbonyl (C=O) groups is 2. The van der Waals surface area contributed by atoms with Gasteiger partial charge in [0.15, 0.2) is 12.0 Å². The minimum Gasteiger partial charge on any atom is -0.387 e. The van der Waals surface area contributed by atoms with Crippen molar-refractivity contribution in [3.05, 3.63) is 12.3 Å². The number of hydrogen-bond donors (Lipinski definition) is 4. The summed E-state index contributed by atoms with van der Waals surface area (Å²) in [6.07, 6.45) is -3.62. The predicted molar refractivity (Wildman–Crippen MR) is 64.3 cm³/mol. The van der Waals surface area contributed by atoms with E-state index in [0.717, 1.165) is 17.2 Å². The number of ketones is 1. The lowest BCUT2D eigenvalue weighted by atomic mass is 10.1. The molecule has 2 heterocycles. The zero-order valence-electron chi connectivity index (χ0n) is 10.6. The van der Waals surface area contributed by atoms with Gasteiger partial charge in [0.2, 0.25) is 5.91 Å². The van der Waals surface area contributed by atoms with E-state index in [-0.39, 0.29) is 6.42 Å². The van der Waals surface area contributed by atoms with Crippen LogP contribution in [-0.2, 0) is 23.4 Å². The maximum Gasteiger partial charge on any atom is 0.469 e. The van der Waals surface area contributed by atoms with Crippen molar-refractivity contribution in [3.8, 4) is 0 Å². The van der Waals surface area contributed by atoms with E-state index in [0.29, 0.717) is 0 Å². The van der Waals surface area contributed by atoms with Crippen molar-refractivity contribution in [1.29, 1.82) is 0 Å². The Morgan fingerprint density at radius 3 is 2.57 bits per heavy atom. The number of aliphatic hydroxyl groups excluding tert-OH is 2. The van der Waals surface area contributed by atoms with Gasteiger partial charge in [-0.15, -0.1) is 0 Å². The minimum atomic E-state index is -4.75. The van der Waals surface area contributed by atoms with Crippen molar-refractivity contribution in [1.82, 2.24) is 4.90 Å². The Morgan fingerprint density at radius 1 is 1.33 bits per heavy atom. The fraction of sp³-hybridized carbons (Fsp3) is 0.600. The first-order valence-electron chi connectivity index (χ1n) is 5.93. The van der Waals surface area contributed by atoms with Gasteiger partial charge >= 0.3 is 7.82 Å². The number of nitrogens with zero attached hydrogens (tertiary/aromatic N) is 1. The molecule has 0 aromatic rings. The molecule has 2 rings (SSSR count). The molecule has 0 radical (unpaired) electrons. The highest BCUT2D eigenvalue weighted by molar-refractivity contribution is 7.46. The molecule has 11 heteroatoms. The molecule has 0 aliphatic carbocycles. The lowest BCUT2D eigenvalue weighted by Crippen LogP contribution is -2.46. The number of phosphoric acid groups is 1. The Bertz CT molecular complexity index is 515. The average molecular weight is 323 g/mol. The van der Waals surface area contributed by atoms with E-state index in [1.54, 1.807) is 0 Å². The van der Waals surface area contributed by atoms with Crippen LogP contribution in [0.1, 0.15) is 6.42 Å². The molecule has 118 valence electrons. The third-order valence-corrected chi connectivity index (χ3v) is 3.54. The zero-order valence-corrected chi connectivity index (χ0v) is 11.5. The Labute approximate surface area is 118 Å². The molecule has 1 saturated heterocycles. The number of carbonyl (C=O) groups excluding carboxylic acids is 2. The van der Waals surface area contributed by atoms with Crippen LogP contribution >= 0.6 is 7.82 Å². The summed E-state index contributed by atoms with van der Waals surface area (Å²) in [7, 11) is -4.75. The fourth-order valence-electron chi connectivity index (χ4n) is 2.04. The summed E-state index contributed by atoms with van der Waals surface area (Å²) in [5.41, 5.74) is 0. The number of phosphoric ester groups is 1. The Hall–Kier alpha value is -1.13. The van der Waals surface area contributed by atoms with E-state index in [9.17, 15) is 24.4 Å². The molecule has 10 nitrogen and oxygen atoms in total. The van der Waals surface area contributed by atoms with Crippen LogP contribution in [-0.4, -0.2) is 67.7 Å². The normalized spacial score (nSPS) is 33.8. The summed E-state index contributed by atoms with van der Waals surface area (Å²) in [5, 5.41) is 19.6. The first kappa shape index (κ1) is 16.2. The van der Waals surface area contributed by atoms with Gasteiger partial charge < -0.3 is 24.7 Å². The molecule has 2 aliphatic rings. The molecule has 0 aromatic carbocycles. The molecule has 0 bridgehead atoms. The van der Waals surface area contributed by atoms with Gasteiger partial charge in [0.05, 0.1) is 13.0 Å². The van der Waals surface area contributed by atoms with Crippen molar-refractivity contribution in [2.75, 3.05) is 6.61 Å². The van der Waals surface area contributed by atoms with Gasteiger partial charge in [-0.1, -0.05) is 0 Å². The summed E-state index contributed by atoms with van der Waals surface area (Å²) in [4.78, 5) is 40.9. The van der Waals surface area contributed by atoms with Crippen LogP contribution in [0.5, 0.6) is 0 Å². The van der Waals surface area contributed by atoms with Gasteiger partial charge in [-0.25, -0.2) is 4.57 Å². The monoisotopic (exact) mass is 323 g/mol. The molecule has 0 aromatic heterocycles. The van der Waals surface area contributed by atoms with E-state index < -0.39 is 50.7 Å². The van der Waals surface area contributed by atoms with Crippen LogP contribution < -0.4 is 0 Å². The molecule has 4 N–H and O–H groups in total. The van der Waals surface area contributed by atoms with Gasteiger partial charge in [0, 0.05) is 6.20 Å². The molecular weight excluding hydrogens is 309 g/mol. The van der Waals surface area contributed by atoms with Gasteiger partial charge in [-0.3, -0.25) is 19.0 Å². The summed E-state index contributed by atoms with van der Waals surface area (Å²) in [6.45, 7) is -0.663. The summed E-state index contributed by atoms with van der Waals surface area (Å²) >= 11 is 0. The molecular formula is C10H14NO9P. The molecule has 0 unspecified atom stereocenters. The van der Waals surface area contributed by atoms with Crippen LogP contribution in [0.4, 0.5) is 0 Å². The lowest BCUT2D eigenvalue weighted by molar-refractivity contribution is -0.148. The second kappa shape index (κ2) is 5.93. The quantitative estimate of drug-likeness (QED) is 0.335. The standard InChI is InChI=1S/C10H14NO9P/c12-5-1-2-11(7(13)3-5)10-9(15)8(14)6(20-10)4-19-21(16,17)18/h1-2,6,8-10,14-15H,3-4H2,(H2,16,17,18)/t6-,8-,9-,10-/m0/s1. The summed E-state index contributed by atoms with van der Waals surface area (Å²) < 4.78 is 20.0. The Kier molecular flexibility index (Phi) is 4.59. The van der Waals surface area contributed by atoms with Crippen molar-refractivity contribution in [2.24, 2.45) is 0 Å². The van der Waals surface area contributed by atoms with Crippen LogP contribution in [0.25, 0.3) is 0 Å². The average Bonchev–Trinajstić information content (AvgIpc) is 2.64. The second-order valence-corrected chi connectivity index (χ2v) is 5.83. The number of rotatable bonds is 4. The largest absolute Gasteiger partial charge is 0.469 e. The molecule has 21 heavy (non-hydrogen) atoms. The molecule has 4 atom stereocenters. The zero-order chi connectivity index (χ0) is 15.8. The van der Waals surface area contributed by atoms with Gasteiger partial charge in [0.1, 0.15) is 18.3 Å². The highest BCUT2D eigenvalue weighted by atomic mass is 31.2. The maximum atomic E-state index is 11.7. The number of amides is 1. The maximum absolute atomic E-state index is 11.7. The van der Waals surface area contributed by atoms with Crippen molar-refractivity contribution in [2.45, 2.75) is 31.0 Å². The highest BCUT2D eigenvalue weighted by Crippen LogP contribution is 2.37. The van der Waals surface area contributed by atoms with E-state index in [1.165, 1.54) is 0 Å². The summed E-state index contributed by atoms with van der Waals surface area (Å²) in [6, 6.07) is 0. The van der Waals surface area contributed by atoms with E-state index in [1.807, 2.05) is 0 Å². The molecule has 1 amide bonds. The molecule has 2 aliphatic heterocycles. The lowest BCUT2D eigenvalue weighted by Gasteiger charge is -2.28. The van der Waals surface area contributed by atoms with Gasteiger partial charge in [-0.05, 0) is 6.08 Å². The van der Waals surface area contributed by atoms with Crippen molar-refractivity contribution < 1.29 is 43.4 Å². The Morgan fingerprint density at radius 2 is 2.00 bits per heavy atom. The van der Waals surface area contributed by atoms with E-state index >= 15 is 0 Å². The number of ether oxygens (including phenoxy) is 1. The van der Waals surface area contributed by atoms with E-state index in [2.05, 4.69) is 4.52 Å². The highest BCUT2D eigenvalue weighted by Gasteiger charge is 2.47. The van der Waals surface area contributed by atoms with Crippen LogP contribution in [0, 0.1) is 0 Å².